The van der Waals surface area contributed by atoms with Crippen LogP contribution in [0.15, 0.2) is 5.57 Å². The van der Waals surface area contributed by atoms with E-state index in [2.05, 4.69) is 11.2 Å². The second-order valence-corrected chi connectivity index (χ2v) is 2.01. The number of hydrogen-bond acceptors (Lipinski definition) is 2. The molecule has 0 radical (unpaired) electrons. The number of piperidine rings is 1. The molecule has 2 N–H and O–H groups in total. The fraction of sp³-hybridized carbons (Fsp3) is 0.667. The Labute approximate surface area is 49.1 Å². The quantitative estimate of drug-likeness (QED) is 0.439. The second-order valence-electron chi connectivity index (χ2n) is 2.01. The Morgan fingerprint density at radius 2 is 2.50 bits per heavy atom. The van der Waals surface area contributed by atoms with Crippen molar-refractivity contribution in [1.29, 1.82) is 5.41 Å². The van der Waals surface area contributed by atoms with Crippen molar-refractivity contribution in [2.45, 2.75) is 12.8 Å². The SMILES string of the molecule is N=C=C1CCCNC1. The maximum Gasteiger partial charge on any atom is 0.0255 e. The summed E-state index contributed by atoms with van der Waals surface area (Å²) in [5, 5.41) is 9.94. The van der Waals surface area contributed by atoms with Crippen LogP contribution in [0.4, 0.5) is 0 Å². The third kappa shape index (κ3) is 1.19. The predicted octanol–water partition coefficient (Wildman–Crippen LogP) is 0.545. The number of hydrogen-bond donors (Lipinski definition) is 2. The number of rotatable bonds is 0. The molecular weight excluding hydrogens is 100 g/mol. The molecule has 1 aliphatic rings. The van der Waals surface area contributed by atoms with Gasteiger partial charge in [-0.25, -0.2) is 0 Å². The fourth-order valence-corrected chi connectivity index (χ4v) is 0.861. The van der Waals surface area contributed by atoms with E-state index in [0.717, 1.165) is 25.1 Å². The van der Waals surface area contributed by atoms with E-state index in [1.165, 1.54) is 6.42 Å². The molecular formula is C6H10N2. The Morgan fingerprint density at radius 1 is 1.62 bits per heavy atom. The first-order valence-corrected chi connectivity index (χ1v) is 2.91. The van der Waals surface area contributed by atoms with Gasteiger partial charge in [-0.15, -0.1) is 0 Å². The van der Waals surface area contributed by atoms with E-state index in [-0.39, 0.29) is 0 Å². The minimum Gasteiger partial charge on any atom is -0.312 e. The van der Waals surface area contributed by atoms with Crippen LogP contribution < -0.4 is 5.32 Å². The Bertz CT molecular complexity index is 114. The highest BCUT2D eigenvalue weighted by atomic mass is 14.9. The molecule has 0 unspecified atom stereocenters. The summed E-state index contributed by atoms with van der Waals surface area (Å²) in [7, 11) is 0. The monoisotopic (exact) mass is 110 g/mol. The topological polar surface area (TPSA) is 35.9 Å². The molecule has 1 fully saturated rings. The molecule has 0 saturated carbocycles. The molecule has 1 heterocycles. The Balaban J connectivity index is 2.45. The lowest BCUT2D eigenvalue weighted by atomic mass is 10.1. The van der Waals surface area contributed by atoms with Gasteiger partial charge in [0, 0.05) is 12.1 Å². The molecule has 1 saturated heterocycles. The van der Waals surface area contributed by atoms with Crippen molar-refractivity contribution in [3.8, 4) is 0 Å². The van der Waals surface area contributed by atoms with Crippen molar-refractivity contribution in [1.82, 2.24) is 5.32 Å². The summed E-state index contributed by atoms with van der Waals surface area (Å²) in [6, 6.07) is 0. The first-order valence-electron chi connectivity index (χ1n) is 2.91. The third-order valence-electron chi connectivity index (χ3n) is 1.35. The summed E-state index contributed by atoms with van der Waals surface area (Å²) >= 11 is 0. The third-order valence-corrected chi connectivity index (χ3v) is 1.35. The normalized spacial score (nSPS) is 20.2. The van der Waals surface area contributed by atoms with Gasteiger partial charge < -0.3 is 5.32 Å². The van der Waals surface area contributed by atoms with Crippen LogP contribution >= 0.6 is 0 Å². The molecule has 1 aliphatic heterocycles. The van der Waals surface area contributed by atoms with Crippen LogP contribution in [0, 0.1) is 5.41 Å². The van der Waals surface area contributed by atoms with Gasteiger partial charge in [0.1, 0.15) is 0 Å². The highest BCUT2D eigenvalue weighted by Crippen LogP contribution is 2.02. The van der Waals surface area contributed by atoms with Crippen LogP contribution in [-0.2, 0) is 0 Å². The standard InChI is InChI=1S/C6H10N2/c7-4-6-2-1-3-8-5-6/h7-8H,1-3,5H2. The fourth-order valence-electron chi connectivity index (χ4n) is 0.861. The van der Waals surface area contributed by atoms with E-state index in [1.807, 2.05) is 0 Å². The summed E-state index contributed by atoms with van der Waals surface area (Å²) < 4.78 is 0. The van der Waals surface area contributed by atoms with Crippen molar-refractivity contribution in [2.75, 3.05) is 13.1 Å². The average Bonchev–Trinajstić information content (AvgIpc) is 1.90. The number of nitrogens with one attached hydrogen (secondary N) is 2. The summed E-state index contributed by atoms with van der Waals surface area (Å²) in [4.78, 5) is 0. The summed E-state index contributed by atoms with van der Waals surface area (Å²) in [6.45, 7) is 1.98. The molecule has 0 spiro atoms. The molecule has 0 aromatic rings. The molecule has 1 rings (SSSR count). The van der Waals surface area contributed by atoms with Crippen LogP contribution in [0.25, 0.3) is 0 Å². The zero-order chi connectivity index (χ0) is 5.82. The van der Waals surface area contributed by atoms with E-state index in [4.69, 9.17) is 5.41 Å². The average molecular weight is 110 g/mol. The predicted molar refractivity (Wildman–Crippen MR) is 33.3 cm³/mol. The van der Waals surface area contributed by atoms with Gasteiger partial charge >= 0.3 is 0 Å². The molecule has 2 heteroatoms. The molecule has 0 aromatic carbocycles. The molecule has 0 bridgehead atoms. The highest BCUT2D eigenvalue weighted by molar-refractivity contribution is 5.55. The Morgan fingerprint density at radius 3 is 2.88 bits per heavy atom. The lowest BCUT2D eigenvalue weighted by Gasteiger charge is -2.11. The largest absolute Gasteiger partial charge is 0.312 e. The molecule has 0 aromatic heterocycles. The van der Waals surface area contributed by atoms with Gasteiger partial charge in [-0.2, -0.15) is 0 Å². The maximum atomic E-state index is 6.77. The van der Waals surface area contributed by atoms with Gasteiger partial charge in [0.25, 0.3) is 0 Å². The lowest BCUT2D eigenvalue weighted by molar-refractivity contribution is 0.615. The van der Waals surface area contributed by atoms with Gasteiger partial charge in [-0.05, 0) is 25.3 Å². The minimum absolute atomic E-state index is 0.878. The smallest absolute Gasteiger partial charge is 0.0255 e. The van der Waals surface area contributed by atoms with Gasteiger partial charge in [0.15, 0.2) is 0 Å². The van der Waals surface area contributed by atoms with Crippen molar-refractivity contribution < 1.29 is 0 Å². The van der Waals surface area contributed by atoms with Crippen molar-refractivity contribution >= 4 is 5.87 Å². The van der Waals surface area contributed by atoms with Crippen molar-refractivity contribution in [3.63, 3.8) is 0 Å². The van der Waals surface area contributed by atoms with Crippen LogP contribution in [0.5, 0.6) is 0 Å². The molecule has 2 nitrogen and oxygen atoms in total. The highest BCUT2D eigenvalue weighted by Gasteiger charge is 2.01. The van der Waals surface area contributed by atoms with Crippen LogP contribution in [0.2, 0.25) is 0 Å². The van der Waals surface area contributed by atoms with Gasteiger partial charge in [0.05, 0.1) is 0 Å². The van der Waals surface area contributed by atoms with Crippen LogP contribution in [0.1, 0.15) is 12.8 Å². The molecule has 0 amide bonds. The Hall–Kier alpha value is -0.590. The minimum atomic E-state index is 0.878. The summed E-state index contributed by atoms with van der Waals surface area (Å²) in [5.74, 6) is 2.41. The first-order chi connectivity index (χ1) is 3.93. The zero-order valence-electron chi connectivity index (χ0n) is 4.83. The van der Waals surface area contributed by atoms with Crippen molar-refractivity contribution in [2.24, 2.45) is 0 Å². The van der Waals surface area contributed by atoms with Gasteiger partial charge in [-0.3, -0.25) is 5.41 Å². The van der Waals surface area contributed by atoms with Gasteiger partial charge in [-0.1, -0.05) is 0 Å². The summed E-state index contributed by atoms with van der Waals surface area (Å²) in [6.07, 6.45) is 2.23. The van der Waals surface area contributed by atoms with E-state index in [0.29, 0.717) is 0 Å². The summed E-state index contributed by atoms with van der Waals surface area (Å²) in [5.41, 5.74) is 1.11. The van der Waals surface area contributed by atoms with Gasteiger partial charge in [0.2, 0.25) is 0 Å². The molecule has 44 valence electrons. The molecule has 8 heavy (non-hydrogen) atoms. The molecule has 0 aliphatic carbocycles. The molecule has 0 atom stereocenters. The second kappa shape index (κ2) is 2.65. The first kappa shape index (κ1) is 5.54. The van der Waals surface area contributed by atoms with E-state index < -0.39 is 0 Å². The lowest BCUT2D eigenvalue weighted by Crippen LogP contribution is -2.23. The zero-order valence-corrected chi connectivity index (χ0v) is 4.83. The van der Waals surface area contributed by atoms with E-state index in [9.17, 15) is 0 Å². The van der Waals surface area contributed by atoms with Crippen LogP contribution in [0.3, 0.4) is 0 Å². The van der Waals surface area contributed by atoms with Crippen LogP contribution in [-0.4, -0.2) is 19.0 Å². The maximum absolute atomic E-state index is 6.77. The van der Waals surface area contributed by atoms with E-state index in [1.54, 1.807) is 0 Å². The Kier molecular flexibility index (Phi) is 1.84. The van der Waals surface area contributed by atoms with E-state index >= 15 is 0 Å². The van der Waals surface area contributed by atoms with Crippen molar-refractivity contribution in [3.05, 3.63) is 5.57 Å².